The fourth-order valence-corrected chi connectivity index (χ4v) is 3.13. The van der Waals surface area contributed by atoms with E-state index < -0.39 is 6.09 Å². The second-order valence-electron chi connectivity index (χ2n) is 5.97. The number of nitrogens with one attached hydrogen (secondary N) is 2. The van der Waals surface area contributed by atoms with Crippen LogP contribution in [-0.2, 0) is 9.47 Å². The highest BCUT2D eigenvalue weighted by atomic mass is 16.6. The molecule has 0 bridgehead atoms. The third-order valence-electron chi connectivity index (χ3n) is 4.23. The molecule has 114 valence electrons. The standard InChI is InChI=1S/C16H22N2O3/c1-12-3-2-4-13(9-12)18-15(19)21-14-10-16(20-11-14)5-7-17-8-6-16/h2-4,9,14,17H,5-8,10-11H2,1H3,(H,18,19). The Morgan fingerprint density at radius 1 is 1.43 bits per heavy atom. The van der Waals surface area contributed by atoms with Crippen molar-refractivity contribution in [3.8, 4) is 0 Å². The minimum Gasteiger partial charge on any atom is -0.443 e. The van der Waals surface area contributed by atoms with Gasteiger partial charge in [0.15, 0.2) is 0 Å². The van der Waals surface area contributed by atoms with Crippen molar-refractivity contribution in [1.82, 2.24) is 5.32 Å². The van der Waals surface area contributed by atoms with Gasteiger partial charge in [0.05, 0.1) is 12.2 Å². The highest BCUT2D eigenvalue weighted by Crippen LogP contribution is 2.35. The van der Waals surface area contributed by atoms with Crippen LogP contribution in [0.5, 0.6) is 0 Å². The van der Waals surface area contributed by atoms with Gasteiger partial charge in [0.1, 0.15) is 6.10 Å². The molecule has 2 heterocycles. The summed E-state index contributed by atoms with van der Waals surface area (Å²) in [5.74, 6) is 0. The molecule has 0 aromatic heterocycles. The first-order valence-electron chi connectivity index (χ1n) is 7.54. The normalized spacial score (nSPS) is 24.0. The first kappa shape index (κ1) is 14.4. The van der Waals surface area contributed by atoms with Crippen LogP contribution in [0.3, 0.4) is 0 Å². The van der Waals surface area contributed by atoms with E-state index >= 15 is 0 Å². The number of anilines is 1. The minimum absolute atomic E-state index is 0.0838. The van der Waals surface area contributed by atoms with E-state index in [-0.39, 0.29) is 11.7 Å². The molecule has 0 aliphatic carbocycles. The summed E-state index contributed by atoms with van der Waals surface area (Å²) in [5.41, 5.74) is 1.78. The van der Waals surface area contributed by atoms with Crippen LogP contribution in [0.1, 0.15) is 24.8 Å². The van der Waals surface area contributed by atoms with Gasteiger partial charge in [-0.25, -0.2) is 4.79 Å². The summed E-state index contributed by atoms with van der Waals surface area (Å²) in [5, 5.41) is 6.10. The van der Waals surface area contributed by atoms with Crippen LogP contribution in [0.2, 0.25) is 0 Å². The van der Waals surface area contributed by atoms with Crippen molar-refractivity contribution in [2.24, 2.45) is 0 Å². The molecule has 2 fully saturated rings. The van der Waals surface area contributed by atoms with Gasteiger partial charge in [-0.05, 0) is 50.6 Å². The Labute approximate surface area is 125 Å². The second kappa shape index (κ2) is 6.03. The van der Waals surface area contributed by atoms with E-state index in [0.717, 1.165) is 43.6 Å². The van der Waals surface area contributed by atoms with Crippen molar-refractivity contribution in [2.75, 3.05) is 25.0 Å². The lowest BCUT2D eigenvalue weighted by Gasteiger charge is -2.32. The summed E-state index contributed by atoms with van der Waals surface area (Å²) in [7, 11) is 0. The van der Waals surface area contributed by atoms with E-state index in [1.165, 1.54) is 0 Å². The van der Waals surface area contributed by atoms with Crippen LogP contribution in [0.15, 0.2) is 24.3 Å². The predicted octanol–water partition coefficient (Wildman–Crippen LogP) is 2.45. The molecule has 0 radical (unpaired) electrons. The number of carbonyl (C=O) groups excluding carboxylic acids is 1. The van der Waals surface area contributed by atoms with Crippen LogP contribution < -0.4 is 10.6 Å². The lowest BCUT2D eigenvalue weighted by atomic mass is 9.89. The molecular weight excluding hydrogens is 268 g/mol. The summed E-state index contributed by atoms with van der Waals surface area (Å²) < 4.78 is 11.4. The van der Waals surface area contributed by atoms with Crippen LogP contribution >= 0.6 is 0 Å². The Bertz CT molecular complexity index is 512. The maximum atomic E-state index is 11.9. The predicted molar refractivity (Wildman–Crippen MR) is 80.5 cm³/mol. The van der Waals surface area contributed by atoms with Crippen molar-refractivity contribution in [2.45, 2.75) is 37.9 Å². The molecule has 1 aromatic carbocycles. The van der Waals surface area contributed by atoms with Gasteiger partial charge >= 0.3 is 6.09 Å². The average Bonchev–Trinajstić information content (AvgIpc) is 2.82. The molecular formula is C16H22N2O3. The molecule has 2 aliphatic heterocycles. The van der Waals surface area contributed by atoms with Gasteiger partial charge in [-0.15, -0.1) is 0 Å². The number of carbonyl (C=O) groups is 1. The zero-order valence-corrected chi connectivity index (χ0v) is 12.4. The highest BCUT2D eigenvalue weighted by Gasteiger charge is 2.42. The summed E-state index contributed by atoms with van der Waals surface area (Å²) in [6.07, 6.45) is 2.24. The van der Waals surface area contributed by atoms with E-state index in [1.54, 1.807) is 0 Å². The molecule has 1 aromatic rings. The van der Waals surface area contributed by atoms with E-state index in [4.69, 9.17) is 9.47 Å². The number of hydrogen-bond acceptors (Lipinski definition) is 4. The molecule has 0 saturated carbocycles. The number of piperidine rings is 1. The van der Waals surface area contributed by atoms with Crippen molar-refractivity contribution in [3.63, 3.8) is 0 Å². The first-order chi connectivity index (χ1) is 10.2. The molecule has 1 unspecified atom stereocenters. The molecule has 5 heteroatoms. The third kappa shape index (κ3) is 3.54. The van der Waals surface area contributed by atoms with E-state index in [1.807, 2.05) is 31.2 Å². The van der Waals surface area contributed by atoms with Gasteiger partial charge in [-0.2, -0.15) is 0 Å². The highest BCUT2D eigenvalue weighted by molar-refractivity contribution is 5.84. The quantitative estimate of drug-likeness (QED) is 0.878. The SMILES string of the molecule is Cc1cccc(NC(=O)OC2COC3(CCNCC3)C2)c1. The molecule has 1 amide bonds. The van der Waals surface area contributed by atoms with E-state index in [0.29, 0.717) is 6.61 Å². The number of rotatable bonds is 2. The first-order valence-corrected chi connectivity index (χ1v) is 7.54. The Hall–Kier alpha value is -1.59. The van der Waals surface area contributed by atoms with Crippen LogP contribution in [0.25, 0.3) is 0 Å². The fourth-order valence-electron chi connectivity index (χ4n) is 3.13. The van der Waals surface area contributed by atoms with Crippen LogP contribution in [0.4, 0.5) is 10.5 Å². The molecule has 1 spiro atoms. The molecule has 3 rings (SSSR count). The average molecular weight is 290 g/mol. The molecule has 2 saturated heterocycles. The third-order valence-corrected chi connectivity index (χ3v) is 4.23. The van der Waals surface area contributed by atoms with Crippen LogP contribution in [0, 0.1) is 6.92 Å². The molecule has 5 nitrogen and oxygen atoms in total. The molecule has 2 N–H and O–H groups in total. The zero-order valence-electron chi connectivity index (χ0n) is 12.4. The van der Waals surface area contributed by atoms with Gasteiger partial charge in [-0.3, -0.25) is 5.32 Å². The van der Waals surface area contributed by atoms with E-state index in [9.17, 15) is 4.79 Å². The summed E-state index contributed by atoms with van der Waals surface area (Å²) in [6, 6.07) is 7.67. The minimum atomic E-state index is -0.403. The van der Waals surface area contributed by atoms with Gasteiger partial charge < -0.3 is 14.8 Å². The smallest absolute Gasteiger partial charge is 0.411 e. The second-order valence-corrected chi connectivity index (χ2v) is 5.97. The van der Waals surface area contributed by atoms with Gasteiger partial charge in [0, 0.05) is 12.1 Å². The number of benzene rings is 1. The summed E-state index contributed by atoms with van der Waals surface area (Å²) in [4.78, 5) is 11.9. The van der Waals surface area contributed by atoms with Crippen molar-refractivity contribution < 1.29 is 14.3 Å². The zero-order chi connectivity index (χ0) is 14.7. The summed E-state index contributed by atoms with van der Waals surface area (Å²) in [6.45, 7) is 4.44. The molecule has 1 atom stereocenters. The number of hydrogen-bond donors (Lipinski definition) is 2. The van der Waals surface area contributed by atoms with Crippen molar-refractivity contribution in [1.29, 1.82) is 0 Å². The Morgan fingerprint density at radius 2 is 2.24 bits per heavy atom. The monoisotopic (exact) mass is 290 g/mol. The number of amides is 1. The van der Waals surface area contributed by atoms with E-state index in [2.05, 4.69) is 10.6 Å². The number of aryl methyl sites for hydroxylation is 1. The Kier molecular flexibility index (Phi) is 4.12. The molecule has 21 heavy (non-hydrogen) atoms. The summed E-state index contributed by atoms with van der Waals surface area (Å²) >= 11 is 0. The topological polar surface area (TPSA) is 59.6 Å². The van der Waals surface area contributed by atoms with Gasteiger partial charge in [0.2, 0.25) is 0 Å². The van der Waals surface area contributed by atoms with Crippen LogP contribution in [-0.4, -0.2) is 37.5 Å². The maximum Gasteiger partial charge on any atom is 0.411 e. The lowest BCUT2D eigenvalue weighted by molar-refractivity contribution is -0.0211. The number of ether oxygens (including phenoxy) is 2. The largest absolute Gasteiger partial charge is 0.443 e. The fraction of sp³-hybridized carbons (Fsp3) is 0.562. The van der Waals surface area contributed by atoms with Crippen molar-refractivity contribution in [3.05, 3.63) is 29.8 Å². The lowest BCUT2D eigenvalue weighted by Crippen LogP contribution is -2.41. The molecule has 2 aliphatic rings. The van der Waals surface area contributed by atoms with Gasteiger partial charge in [-0.1, -0.05) is 12.1 Å². The van der Waals surface area contributed by atoms with Crippen molar-refractivity contribution >= 4 is 11.8 Å². The Balaban J connectivity index is 1.51. The maximum absolute atomic E-state index is 11.9. The Morgan fingerprint density at radius 3 is 3.00 bits per heavy atom. The van der Waals surface area contributed by atoms with Gasteiger partial charge in [0.25, 0.3) is 0 Å².